The van der Waals surface area contributed by atoms with Crippen molar-refractivity contribution in [2.24, 2.45) is 0 Å². The molecule has 1 amide bonds. The number of carboxylic acids is 1. The van der Waals surface area contributed by atoms with Crippen LogP contribution in [0.1, 0.15) is 12.8 Å². The first-order valence-electron chi connectivity index (χ1n) is 3.53. The van der Waals surface area contributed by atoms with Crippen molar-refractivity contribution in [3.63, 3.8) is 0 Å². The maximum absolute atomic E-state index is 10.9. The van der Waals surface area contributed by atoms with Crippen molar-refractivity contribution < 1.29 is 44.3 Å². The third-order valence-electron chi connectivity index (χ3n) is 2.15. The van der Waals surface area contributed by atoms with E-state index in [4.69, 9.17) is 11.6 Å². The summed E-state index contributed by atoms with van der Waals surface area (Å²) in [6.07, 6.45) is 0.851. The third-order valence-corrected chi connectivity index (χ3v) is 2.48. The van der Waals surface area contributed by atoms with Crippen molar-refractivity contribution in [2.75, 3.05) is 0 Å². The summed E-state index contributed by atoms with van der Waals surface area (Å²) in [4.78, 5) is 22.6. The first-order chi connectivity index (χ1) is 5.61. The molecule has 13 heavy (non-hydrogen) atoms. The van der Waals surface area contributed by atoms with E-state index < -0.39 is 5.97 Å². The second kappa shape index (κ2) is 3.61. The number of rotatable bonds is 1. The minimum Gasteiger partial charge on any atom is -0.543 e. The zero-order valence-corrected chi connectivity index (χ0v) is 9.80. The van der Waals surface area contributed by atoms with Crippen molar-refractivity contribution in [2.45, 2.75) is 18.9 Å². The van der Waals surface area contributed by atoms with Gasteiger partial charge in [0.25, 0.3) is 0 Å². The van der Waals surface area contributed by atoms with E-state index in [1.165, 1.54) is 4.90 Å². The van der Waals surface area contributed by atoms with Crippen LogP contribution in [0.3, 0.4) is 0 Å². The summed E-state index contributed by atoms with van der Waals surface area (Å²) < 4.78 is 0. The second-order valence-electron chi connectivity index (χ2n) is 2.87. The number of nitrogens with zero attached hydrogens (tertiary/aromatic N) is 1. The van der Waals surface area contributed by atoms with Crippen LogP contribution >= 0.6 is 11.6 Å². The Kier molecular flexibility index (Phi) is 3.07. The summed E-state index contributed by atoms with van der Waals surface area (Å²) in [5.74, 6) is -1.55. The Morgan fingerprint density at radius 3 is 2.54 bits per heavy atom. The maximum atomic E-state index is 10.9. The minimum absolute atomic E-state index is 0. The third kappa shape index (κ3) is 1.52. The number of halogens is 1. The molecular weight excluding hydrogens is 205 g/mol. The van der Waals surface area contributed by atoms with E-state index in [2.05, 4.69) is 0 Å². The molecule has 64 valence electrons. The molecule has 0 bridgehead atoms. The zero-order valence-electron chi connectivity index (χ0n) is 7.04. The van der Waals surface area contributed by atoms with E-state index in [1.54, 1.807) is 0 Å². The van der Waals surface area contributed by atoms with Gasteiger partial charge in [-0.05, 0) is 0 Å². The SMILES string of the molecule is O=C([O-])C1=C(Cl)CC2CC(=O)N12.[Na+]. The summed E-state index contributed by atoms with van der Waals surface area (Å²) in [6.45, 7) is 0. The topological polar surface area (TPSA) is 60.4 Å². The predicted molar refractivity (Wildman–Crippen MR) is 37.8 cm³/mol. The van der Waals surface area contributed by atoms with Crippen LogP contribution in [-0.2, 0) is 9.59 Å². The summed E-state index contributed by atoms with van der Waals surface area (Å²) >= 11 is 5.63. The predicted octanol–water partition coefficient (Wildman–Crippen LogP) is -3.80. The Balaban J connectivity index is 0.000000845. The van der Waals surface area contributed by atoms with E-state index in [0.29, 0.717) is 12.8 Å². The van der Waals surface area contributed by atoms with Crippen molar-refractivity contribution in [1.82, 2.24) is 4.90 Å². The molecule has 0 spiro atoms. The first-order valence-corrected chi connectivity index (χ1v) is 3.91. The van der Waals surface area contributed by atoms with Gasteiger partial charge in [0.05, 0.1) is 17.7 Å². The van der Waals surface area contributed by atoms with Gasteiger partial charge in [0.2, 0.25) is 5.91 Å². The van der Waals surface area contributed by atoms with Gasteiger partial charge in [0.1, 0.15) is 0 Å². The molecule has 2 aliphatic heterocycles. The quantitative estimate of drug-likeness (QED) is 0.329. The molecule has 0 saturated carbocycles. The normalized spacial score (nSPS) is 25.2. The summed E-state index contributed by atoms with van der Waals surface area (Å²) in [7, 11) is 0. The smallest absolute Gasteiger partial charge is 0.543 e. The van der Waals surface area contributed by atoms with Crippen LogP contribution in [0, 0.1) is 0 Å². The molecule has 0 aromatic rings. The molecule has 1 atom stereocenters. The van der Waals surface area contributed by atoms with Gasteiger partial charge in [0, 0.05) is 17.9 Å². The van der Waals surface area contributed by atoms with Crippen LogP contribution < -0.4 is 34.7 Å². The molecular formula is C7H5ClNNaO3. The summed E-state index contributed by atoms with van der Waals surface area (Å²) in [5.41, 5.74) is -0.141. The van der Waals surface area contributed by atoms with Crippen molar-refractivity contribution in [3.05, 3.63) is 10.7 Å². The molecule has 0 aliphatic carbocycles. The Bertz CT molecular complexity index is 315. The van der Waals surface area contributed by atoms with Crippen LogP contribution in [-0.4, -0.2) is 22.8 Å². The molecule has 0 aromatic heterocycles. The second-order valence-corrected chi connectivity index (χ2v) is 3.32. The van der Waals surface area contributed by atoms with Gasteiger partial charge in [-0.2, -0.15) is 0 Å². The molecule has 2 aliphatic rings. The monoisotopic (exact) mass is 209 g/mol. The van der Waals surface area contributed by atoms with E-state index in [1.807, 2.05) is 0 Å². The zero-order chi connectivity index (χ0) is 8.88. The number of amides is 1. The standard InChI is InChI=1S/C7H6ClNO3.Na/c8-4-1-3-2-5(10)9(3)6(4)7(11)12;/h3H,1-2H2,(H,11,12);/q;+1/p-1. The number of carbonyl (C=O) groups is 2. The molecule has 0 aromatic carbocycles. The molecule has 2 rings (SSSR count). The van der Waals surface area contributed by atoms with Gasteiger partial charge in [-0.25, -0.2) is 0 Å². The van der Waals surface area contributed by atoms with E-state index in [9.17, 15) is 14.7 Å². The van der Waals surface area contributed by atoms with Gasteiger partial charge in [-0.3, -0.25) is 4.79 Å². The van der Waals surface area contributed by atoms with Crippen LogP contribution in [0.5, 0.6) is 0 Å². The van der Waals surface area contributed by atoms with Crippen LogP contribution in [0.2, 0.25) is 0 Å². The largest absolute Gasteiger partial charge is 1.00 e. The van der Waals surface area contributed by atoms with Gasteiger partial charge >= 0.3 is 29.6 Å². The number of aliphatic carboxylic acids is 1. The van der Waals surface area contributed by atoms with Crippen molar-refractivity contribution in [3.8, 4) is 0 Å². The number of carbonyl (C=O) groups excluding carboxylic acids is 2. The summed E-state index contributed by atoms with van der Waals surface area (Å²) in [6, 6.07) is -0.0297. The molecule has 1 saturated heterocycles. The minimum atomic E-state index is -1.37. The molecule has 4 nitrogen and oxygen atoms in total. The Hall–Kier alpha value is -0.0300. The molecule has 0 N–H and O–H groups in total. The summed E-state index contributed by atoms with van der Waals surface area (Å²) in [5, 5.41) is 10.7. The van der Waals surface area contributed by atoms with E-state index >= 15 is 0 Å². The first kappa shape index (κ1) is 11.0. The Morgan fingerprint density at radius 2 is 2.15 bits per heavy atom. The average molecular weight is 210 g/mol. The van der Waals surface area contributed by atoms with E-state index in [-0.39, 0.29) is 52.2 Å². The fraction of sp³-hybridized carbons (Fsp3) is 0.429. The van der Waals surface area contributed by atoms with Crippen molar-refractivity contribution in [1.29, 1.82) is 0 Å². The fourth-order valence-corrected chi connectivity index (χ4v) is 1.94. The maximum Gasteiger partial charge on any atom is 1.00 e. The Labute approximate surface area is 102 Å². The van der Waals surface area contributed by atoms with Crippen LogP contribution in [0.25, 0.3) is 0 Å². The van der Waals surface area contributed by atoms with Crippen molar-refractivity contribution >= 4 is 23.5 Å². The van der Waals surface area contributed by atoms with Gasteiger partial charge in [-0.1, -0.05) is 11.6 Å². The number of hydrogen-bond acceptors (Lipinski definition) is 3. The average Bonchev–Trinajstić information content (AvgIpc) is 2.22. The Morgan fingerprint density at radius 1 is 1.54 bits per heavy atom. The molecule has 0 radical (unpaired) electrons. The van der Waals surface area contributed by atoms with Gasteiger partial charge in [0.15, 0.2) is 0 Å². The number of β-lactam (4-membered cyclic amide) rings is 1. The molecule has 2 heterocycles. The van der Waals surface area contributed by atoms with E-state index in [0.717, 1.165) is 0 Å². The molecule has 6 heteroatoms. The molecule has 1 fully saturated rings. The number of carboxylic acid groups (broad SMARTS) is 1. The van der Waals surface area contributed by atoms with Gasteiger partial charge < -0.3 is 14.8 Å². The van der Waals surface area contributed by atoms with Crippen LogP contribution in [0.15, 0.2) is 10.7 Å². The number of fused-ring (bicyclic) bond motifs is 1. The van der Waals surface area contributed by atoms with Crippen LogP contribution in [0.4, 0.5) is 0 Å². The molecule has 1 unspecified atom stereocenters. The fourth-order valence-electron chi connectivity index (χ4n) is 1.60. The van der Waals surface area contributed by atoms with Gasteiger partial charge in [-0.15, -0.1) is 0 Å². The number of hydrogen-bond donors (Lipinski definition) is 0.